The summed E-state index contributed by atoms with van der Waals surface area (Å²) in [6.45, 7) is 5.97. The van der Waals surface area contributed by atoms with E-state index in [1.165, 1.54) is 16.5 Å². The Morgan fingerprint density at radius 2 is 1.96 bits per heavy atom. The van der Waals surface area contributed by atoms with E-state index >= 15 is 0 Å². The third-order valence-electron chi connectivity index (χ3n) is 4.84. The zero-order valence-corrected chi connectivity index (χ0v) is 14.2. The maximum absolute atomic E-state index is 5.41. The number of fused-ring (bicyclic) bond motifs is 1. The summed E-state index contributed by atoms with van der Waals surface area (Å²) in [5, 5.41) is 1.26. The van der Waals surface area contributed by atoms with Crippen molar-refractivity contribution >= 4 is 10.9 Å². The van der Waals surface area contributed by atoms with Crippen molar-refractivity contribution < 1.29 is 4.74 Å². The van der Waals surface area contributed by atoms with Gasteiger partial charge in [0.05, 0.1) is 13.2 Å². The van der Waals surface area contributed by atoms with Crippen molar-refractivity contribution in [3.63, 3.8) is 0 Å². The molecule has 1 aliphatic rings. The monoisotopic (exact) mass is 324 g/mol. The number of hydrogen-bond donors (Lipinski definition) is 0. The Bertz CT molecular complexity index is 814. The average Bonchev–Trinajstić information content (AvgIpc) is 3.23. The number of hydrogen-bond acceptors (Lipinski definition) is 3. The number of benzene rings is 1. The minimum atomic E-state index is 0.868. The van der Waals surface area contributed by atoms with Crippen molar-refractivity contribution in [2.75, 3.05) is 32.8 Å². The standard InChI is InChI=1S/C19H24N4O/c1-21-9-5-16-15-17(3-4-18(16)21)19-20-6-10-23(19)8-2-7-22-11-13-24-14-12-22/h3-6,9-10,15H,2,7-8,11-14H2,1H3. The summed E-state index contributed by atoms with van der Waals surface area (Å²) in [5.74, 6) is 1.06. The highest BCUT2D eigenvalue weighted by molar-refractivity contribution is 5.84. The summed E-state index contributed by atoms with van der Waals surface area (Å²) in [7, 11) is 2.08. The van der Waals surface area contributed by atoms with E-state index in [0.717, 1.165) is 51.6 Å². The molecule has 0 unspecified atom stereocenters. The molecular weight excluding hydrogens is 300 g/mol. The zero-order valence-electron chi connectivity index (χ0n) is 14.2. The molecule has 0 spiro atoms. The highest BCUT2D eigenvalue weighted by atomic mass is 16.5. The molecule has 1 aliphatic heterocycles. The van der Waals surface area contributed by atoms with Gasteiger partial charge < -0.3 is 13.9 Å². The molecule has 24 heavy (non-hydrogen) atoms. The summed E-state index contributed by atoms with van der Waals surface area (Å²) < 4.78 is 9.82. The highest BCUT2D eigenvalue weighted by Gasteiger charge is 2.11. The molecule has 3 aromatic rings. The zero-order chi connectivity index (χ0) is 16.4. The van der Waals surface area contributed by atoms with Crippen molar-refractivity contribution in [3.05, 3.63) is 42.9 Å². The molecular formula is C19H24N4O. The summed E-state index contributed by atoms with van der Waals surface area (Å²) >= 11 is 0. The highest BCUT2D eigenvalue weighted by Crippen LogP contribution is 2.24. The SMILES string of the molecule is Cn1ccc2cc(-c3nccn3CCCN3CCOCC3)ccc21. The fourth-order valence-corrected chi connectivity index (χ4v) is 3.46. The molecule has 0 saturated carbocycles. The maximum atomic E-state index is 5.41. The van der Waals surface area contributed by atoms with Gasteiger partial charge in [0.25, 0.3) is 0 Å². The first kappa shape index (κ1) is 15.4. The van der Waals surface area contributed by atoms with Gasteiger partial charge in [-0.3, -0.25) is 4.90 Å². The lowest BCUT2D eigenvalue weighted by atomic mass is 10.1. The van der Waals surface area contributed by atoms with Crippen LogP contribution in [0.5, 0.6) is 0 Å². The third kappa shape index (κ3) is 3.09. The van der Waals surface area contributed by atoms with E-state index in [-0.39, 0.29) is 0 Å². The Morgan fingerprint density at radius 1 is 1.08 bits per heavy atom. The summed E-state index contributed by atoms with van der Waals surface area (Å²) in [6.07, 6.45) is 7.23. The molecule has 4 rings (SSSR count). The van der Waals surface area contributed by atoms with Gasteiger partial charge in [0, 0.05) is 68.3 Å². The molecule has 126 valence electrons. The van der Waals surface area contributed by atoms with E-state index in [2.05, 4.69) is 62.7 Å². The smallest absolute Gasteiger partial charge is 0.139 e. The van der Waals surface area contributed by atoms with Crippen molar-refractivity contribution in [2.24, 2.45) is 7.05 Å². The van der Waals surface area contributed by atoms with Gasteiger partial charge in [-0.1, -0.05) is 0 Å². The predicted octanol–water partition coefficient (Wildman–Crippen LogP) is 2.76. The van der Waals surface area contributed by atoms with Gasteiger partial charge in [0.2, 0.25) is 0 Å². The molecule has 0 amide bonds. The largest absolute Gasteiger partial charge is 0.379 e. The normalized spacial score (nSPS) is 16.0. The van der Waals surface area contributed by atoms with Crippen LogP contribution in [0.4, 0.5) is 0 Å². The fourth-order valence-electron chi connectivity index (χ4n) is 3.46. The number of ether oxygens (including phenoxy) is 1. The van der Waals surface area contributed by atoms with Crippen LogP contribution < -0.4 is 0 Å². The van der Waals surface area contributed by atoms with Crippen LogP contribution in [-0.4, -0.2) is 51.9 Å². The number of morpholine rings is 1. The van der Waals surface area contributed by atoms with E-state index in [1.54, 1.807) is 0 Å². The van der Waals surface area contributed by atoms with Crippen molar-refractivity contribution in [1.82, 2.24) is 19.0 Å². The molecule has 1 fully saturated rings. The average molecular weight is 324 g/mol. The first-order valence-corrected chi connectivity index (χ1v) is 8.68. The first-order valence-electron chi connectivity index (χ1n) is 8.68. The van der Waals surface area contributed by atoms with E-state index < -0.39 is 0 Å². The summed E-state index contributed by atoms with van der Waals surface area (Å²) in [4.78, 5) is 7.07. The van der Waals surface area contributed by atoms with E-state index in [4.69, 9.17) is 4.74 Å². The van der Waals surface area contributed by atoms with Crippen molar-refractivity contribution in [1.29, 1.82) is 0 Å². The van der Waals surface area contributed by atoms with Gasteiger partial charge in [0.15, 0.2) is 0 Å². The quantitative estimate of drug-likeness (QED) is 0.724. The second-order valence-corrected chi connectivity index (χ2v) is 6.45. The van der Waals surface area contributed by atoms with Gasteiger partial charge >= 0.3 is 0 Å². The maximum Gasteiger partial charge on any atom is 0.139 e. The Balaban J connectivity index is 1.46. The molecule has 0 bridgehead atoms. The van der Waals surface area contributed by atoms with Crippen LogP contribution >= 0.6 is 0 Å². The van der Waals surface area contributed by atoms with Crippen LogP contribution in [-0.2, 0) is 18.3 Å². The molecule has 2 aromatic heterocycles. The van der Waals surface area contributed by atoms with Gasteiger partial charge in [-0.15, -0.1) is 0 Å². The van der Waals surface area contributed by atoms with Crippen LogP contribution in [0.1, 0.15) is 6.42 Å². The summed E-state index contributed by atoms with van der Waals surface area (Å²) in [6, 6.07) is 8.74. The molecule has 5 nitrogen and oxygen atoms in total. The molecule has 0 aliphatic carbocycles. The van der Waals surface area contributed by atoms with E-state index in [9.17, 15) is 0 Å². The molecule has 0 N–H and O–H groups in total. The Kier molecular flexibility index (Phi) is 4.36. The van der Waals surface area contributed by atoms with Crippen LogP contribution in [0.2, 0.25) is 0 Å². The van der Waals surface area contributed by atoms with E-state index in [1.807, 2.05) is 6.20 Å². The number of imidazole rings is 1. The van der Waals surface area contributed by atoms with Crippen LogP contribution in [0.15, 0.2) is 42.9 Å². The van der Waals surface area contributed by atoms with Crippen LogP contribution in [0.3, 0.4) is 0 Å². The Hall–Kier alpha value is -2.11. The van der Waals surface area contributed by atoms with E-state index in [0.29, 0.717) is 0 Å². The van der Waals surface area contributed by atoms with Gasteiger partial charge in [0.1, 0.15) is 5.82 Å². The Morgan fingerprint density at radius 3 is 2.83 bits per heavy atom. The summed E-state index contributed by atoms with van der Waals surface area (Å²) in [5.41, 5.74) is 2.44. The van der Waals surface area contributed by atoms with Gasteiger partial charge in [-0.05, 0) is 30.7 Å². The Labute approximate surface area is 142 Å². The first-order chi connectivity index (χ1) is 11.8. The minimum Gasteiger partial charge on any atom is -0.379 e. The topological polar surface area (TPSA) is 35.2 Å². The second-order valence-electron chi connectivity index (χ2n) is 6.45. The van der Waals surface area contributed by atoms with Crippen LogP contribution in [0, 0.1) is 0 Å². The lowest BCUT2D eigenvalue weighted by Crippen LogP contribution is -2.37. The van der Waals surface area contributed by atoms with Gasteiger partial charge in [-0.25, -0.2) is 4.98 Å². The van der Waals surface area contributed by atoms with Crippen molar-refractivity contribution in [3.8, 4) is 11.4 Å². The second kappa shape index (κ2) is 6.79. The molecule has 1 saturated heterocycles. The molecule has 1 aromatic carbocycles. The third-order valence-corrected chi connectivity index (χ3v) is 4.84. The minimum absolute atomic E-state index is 0.868. The number of aryl methyl sites for hydroxylation is 2. The molecule has 5 heteroatoms. The van der Waals surface area contributed by atoms with Crippen LogP contribution in [0.25, 0.3) is 22.3 Å². The molecule has 3 heterocycles. The molecule has 0 radical (unpaired) electrons. The number of nitrogens with zero attached hydrogens (tertiary/aromatic N) is 4. The fraction of sp³-hybridized carbons (Fsp3) is 0.421. The number of rotatable bonds is 5. The lowest BCUT2D eigenvalue weighted by Gasteiger charge is -2.26. The van der Waals surface area contributed by atoms with Gasteiger partial charge in [-0.2, -0.15) is 0 Å². The van der Waals surface area contributed by atoms with Crippen molar-refractivity contribution in [2.45, 2.75) is 13.0 Å². The lowest BCUT2D eigenvalue weighted by molar-refractivity contribution is 0.0369. The molecule has 0 atom stereocenters. The number of aromatic nitrogens is 3. The predicted molar refractivity (Wildman–Crippen MR) is 96.0 cm³/mol.